The van der Waals surface area contributed by atoms with E-state index in [1.165, 1.54) is 10.4 Å². The van der Waals surface area contributed by atoms with Gasteiger partial charge in [0.25, 0.3) is 0 Å². The molecular weight excluding hydrogens is 380 g/mol. The lowest BCUT2D eigenvalue weighted by Gasteiger charge is -2.06. The molecule has 15 heavy (non-hydrogen) atoms. The zero-order chi connectivity index (χ0) is 11.0. The molecule has 2 heterocycles. The molecule has 0 amide bonds. The molecule has 1 unspecified atom stereocenters. The largest absolute Gasteiger partial charge is 0.136 e. The lowest BCUT2D eigenvalue weighted by Crippen LogP contribution is -1.90. The van der Waals surface area contributed by atoms with Crippen LogP contribution < -0.4 is 0 Å². The van der Waals surface area contributed by atoms with Crippen LogP contribution in [0.25, 0.3) is 0 Å². The van der Waals surface area contributed by atoms with Crippen molar-refractivity contribution in [1.29, 1.82) is 0 Å². The van der Waals surface area contributed by atoms with Crippen molar-refractivity contribution < 1.29 is 0 Å². The minimum atomic E-state index is -0.0462. The standard InChI is InChI=1S/C10H7Br2ClS2/c1-5-7(3-9(12)15-5)10(13)6-2-8(11)14-4-6/h2-4,10H,1H3. The predicted molar refractivity (Wildman–Crippen MR) is 76.5 cm³/mol. The molecule has 2 rings (SSSR count). The van der Waals surface area contributed by atoms with Crippen molar-refractivity contribution in [3.63, 3.8) is 0 Å². The highest BCUT2D eigenvalue weighted by Crippen LogP contribution is 2.39. The van der Waals surface area contributed by atoms with Gasteiger partial charge in [-0.3, -0.25) is 0 Å². The summed E-state index contributed by atoms with van der Waals surface area (Å²) in [6.07, 6.45) is 0. The highest BCUT2D eigenvalue weighted by atomic mass is 79.9. The Balaban J connectivity index is 2.35. The van der Waals surface area contributed by atoms with Crippen LogP contribution in [0, 0.1) is 6.92 Å². The van der Waals surface area contributed by atoms with Gasteiger partial charge in [-0.2, -0.15) is 0 Å². The van der Waals surface area contributed by atoms with Gasteiger partial charge in [-0.1, -0.05) is 0 Å². The zero-order valence-corrected chi connectivity index (χ0v) is 13.3. The Hall–Kier alpha value is 0.650. The first-order valence-corrected chi connectivity index (χ1v) is 7.93. The van der Waals surface area contributed by atoms with E-state index in [9.17, 15) is 0 Å². The second kappa shape index (κ2) is 4.88. The van der Waals surface area contributed by atoms with Crippen LogP contribution in [0.2, 0.25) is 0 Å². The summed E-state index contributed by atoms with van der Waals surface area (Å²) in [6, 6.07) is 4.18. The second-order valence-corrected chi connectivity index (χ2v) is 8.47. The lowest BCUT2D eigenvalue weighted by molar-refractivity contribution is 1.15. The molecule has 0 aliphatic carbocycles. The van der Waals surface area contributed by atoms with E-state index >= 15 is 0 Å². The van der Waals surface area contributed by atoms with Crippen molar-refractivity contribution in [2.24, 2.45) is 0 Å². The smallest absolute Gasteiger partial charge is 0.0854 e. The van der Waals surface area contributed by atoms with Gasteiger partial charge in [0.2, 0.25) is 0 Å². The number of hydrogen-bond donors (Lipinski definition) is 0. The molecular formula is C10H7Br2ClS2. The summed E-state index contributed by atoms with van der Waals surface area (Å²) in [4.78, 5) is 1.27. The van der Waals surface area contributed by atoms with E-state index < -0.39 is 0 Å². The molecule has 2 aromatic heterocycles. The highest BCUT2D eigenvalue weighted by Gasteiger charge is 2.16. The molecule has 0 radical (unpaired) electrons. The lowest BCUT2D eigenvalue weighted by atomic mass is 10.1. The Morgan fingerprint density at radius 1 is 1.27 bits per heavy atom. The SMILES string of the molecule is Cc1sc(Br)cc1C(Cl)c1csc(Br)c1. The maximum atomic E-state index is 6.44. The van der Waals surface area contributed by atoms with Crippen molar-refractivity contribution in [2.75, 3.05) is 0 Å². The van der Waals surface area contributed by atoms with Crippen LogP contribution in [0.5, 0.6) is 0 Å². The van der Waals surface area contributed by atoms with E-state index in [4.69, 9.17) is 11.6 Å². The van der Waals surface area contributed by atoms with Crippen molar-refractivity contribution in [2.45, 2.75) is 12.3 Å². The number of halogens is 3. The van der Waals surface area contributed by atoms with Crippen LogP contribution in [-0.2, 0) is 0 Å². The van der Waals surface area contributed by atoms with Crippen LogP contribution in [0.3, 0.4) is 0 Å². The minimum absolute atomic E-state index is 0.0462. The van der Waals surface area contributed by atoms with Crippen molar-refractivity contribution >= 4 is 66.1 Å². The first-order chi connectivity index (χ1) is 7.08. The van der Waals surface area contributed by atoms with Crippen LogP contribution in [-0.4, -0.2) is 0 Å². The Bertz CT molecular complexity index is 475. The summed E-state index contributed by atoms with van der Waals surface area (Å²) in [6.45, 7) is 2.10. The van der Waals surface area contributed by atoms with Crippen LogP contribution in [0.4, 0.5) is 0 Å². The zero-order valence-electron chi connectivity index (χ0n) is 7.76. The maximum Gasteiger partial charge on any atom is 0.0854 e. The molecule has 0 nitrogen and oxygen atoms in total. The molecule has 5 heteroatoms. The molecule has 0 aliphatic heterocycles. The average Bonchev–Trinajstić information content (AvgIpc) is 2.71. The van der Waals surface area contributed by atoms with Gasteiger partial charge < -0.3 is 0 Å². The topological polar surface area (TPSA) is 0 Å². The van der Waals surface area contributed by atoms with E-state index in [0.717, 1.165) is 13.1 Å². The van der Waals surface area contributed by atoms with Gasteiger partial charge in [0, 0.05) is 4.88 Å². The molecule has 0 saturated carbocycles. The van der Waals surface area contributed by atoms with Gasteiger partial charge in [-0.15, -0.1) is 34.3 Å². The summed E-state index contributed by atoms with van der Waals surface area (Å²) < 4.78 is 2.25. The number of alkyl halides is 1. The normalized spacial score (nSPS) is 13.1. The molecule has 80 valence electrons. The number of aryl methyl sites for hydroxylation is 1. The van der Waals surface area contributed by atoms with E-state index in [1.807, 2.05) is 0 Å². The number of hydrogen-bond acceptors (Lipinski definition) is 2. The van der Waals surface area contributed by atoms with Crippen molar-refractivity contribution in [3.8, 4) is 0 Å². The molecule has 0 aliphatic rings. The van der Waals surface area contributed by atoms with Crippen LogP contribution in [0.15, 0.2) is 25.1 Å². The summed E-state index contributed by atoms with van der Waals surface area (Å²) in [5.41, 5.74) is 2.35. The van der Waals surface area contributed by atoms with Crippen molar-refractivity contribution in [3.05, 3.63) is 41.1 Å². The van der Waals surface area contributed by atoms with Gasteiger partial charge in [-0.05, 0) is 67.4 Å². The van der Waals surface area contributed by atoms with E-state index in [1.54, 1.807) is 22.7 Å². The Morgan fingerprint density at radius 3 is 2.47 bits per heavy atom. The monoisotopic (exact) mass is 384 g/mol. The van der Waals surface area contributed by atoms with Gasteiger partial charge in [0.15, 0.2) is 0 Å². The third kappa shape index (κ3) is 2.67. The highest BCUT2D eigenvalue weighted by molar-refractivity contribution is 9.11. The summed E-state index contributed by atoms with van der Waals surface area (Å²) >= 11 is 16.8. The second-order valence-electron chi connectivity index (χ2n) is 3.11. The molecule has 0 spiro atoms. The quantitative estimate of drug-likeness (QED) is 0.558. The third-order valence-electron chi connectivity index (χ3n) is 2.08. The molecule has 0 bridgehead atoms. The summed E-state index contributed by atoms with van der Waals surface area (Å²) in [5.74, 6) is 0. The van der Waals surface area contributed by atoms with Crippen molar-refractivity contribution in [1.82, 2.24) is 0 Å². The molecule has 0 fully saturated rings. The summed E-state index contributed by atoms with van der Waals surface area (Å²) in [5, 5.41) is 2.04. The van der Waals surface area contributed by atoms with Gasteiger partial charge in [0.1, 0.15) is 0 Å². The fourth-order valence-electron chi connectivity index (χ4n) is 1.35. The average molecular weight is 387 g/mol. The summed E-state index contributed by atoms with van der Waals surface area (Å²) in [7, 11) is 0. The minimum Gasteiger partial charge on any atom is -0.136 e. The Morgan fingerprint density at radius 2 is 2.00 bits per heavy atom. The molecule has 1 atom stereocenters. The van der Waals surface area contributed by atoms with E-state index in [-0.39, 0.29) is 5.38 Å². The Labute approximate surface area is 119 Å². The van der Waals surface area contributed by atoms with Gasteiger partial charge in [-0.25, -0.2) is 0 Å². The maximum absolute atomic E-state index is 6.44. The van der Waals surface area contributed by atoms with Crippen LogP contribution >= 0.6 is 66.1 Å². The molecule has 2 aromatic rings. The number of thiophene rings is 2. The fourth-order valence-corrected chi connectivity index (χ4v) is 4.79. The van der Waals surface area contributed by atoms with E-state index in [0.29, 0.717) is 0 Å². The van der Waals surface area contributed by atoms with Gasteiger partial charge >= 0.3 is 0 Å². The van der Waals surface area contributed by atoms with Gasteiger partial charge in [0.05, 0.1) is 12.9 Å². The first-order valence-electron chi connectivity index (χ1n) is 4.21. The first kappa shape index (κ1) is 12.1. The van der Waals surface area contributed by atoms with E-state index in [2.05, 4.69) is 56.3 Å². The third-order valence-corrected chi connectivity index (χ3v) is 5.66. The Kier molecular flexibility index (Phi) is 3.94. The van der Waals surface area contributed by atoms with Crippen LogP contribution in [0.1, 0.15) is 21.4 Å². The predicted octanol–water partition coefficient (Wildman–Crippen LogP) is 5.97. The molecule has 0 N–H and O–H groups in total. The number of rotatable bonds is 2. The molecule has 0 saturated heterocycles. The fraction of sp³-hybridized carbons (Fsp3) is 0.200. The molecule has 0 aromatic carbocycles.